The largest absolute Gasteiger partial charge is 0.379 e. The molecule has 3 aliphatic rings. The monoisotopic (exact) mass is 373 g/mol. The van der Waals surface area contributed by atoms with Gasteiger partial charge in [0, 0.05) is 51.5 Å². The van der Waals surface area contributed by atoms with E-state index in [1.807, 2.05) is 18.3 Å². The lowest BCUT2D eigenvalue weighted by Gasteiger charge is -2.38. The molecule has 0 aliphatic carbocycles. The van der Waals surface area contributed by atoms with E-state index >= 15 is 0 Å². The van der Waals surface area contributed by atoms with E-state index in [0.717, 1.165) is 83.8 Å². The molecule has 4 rings (SSSR count). The van der Waals surface area contributed by atoms with E-state index in [2.05, 4.69) is 14.8 Å². The summed E-state index contributed by atoms with van der Waals surface area (Å²) in [4.78, 5) is 21.2. The minimum Gasteiger partial charge on any atom is -0.379 e. The van der Waals surface area contributed by atoms with E-state index in [-0.39, 0.29) is 11.3 Å². The zero-order chi connectivity index (χ0) is 18.5. The fraction of sp³-hybridized carbons (Fsp3) is 0.714. The molecule has 6 heteroatoms. The van der Waals surface area contributed by atoms with Gasteiger partial charge in [-0.15, -0.1) is 0 Å². The van der Waals surface area contributed by atoms with Crippen LogP contribution in [0.2, 0.25) is 0 Å². The van der Waals surface area contributed by atoms with Crippen molar-refractivity contribution in [2.75, 3.05) is 52.5 Å². The number of aromatic nitrogens is 1. The standard InChI is InChI=1S/C21H31N3O3/c25-20(4-3-18-2-1-7-22-15-18)24-8-5-21(6-9-24)14-19(27-17-21)16-23-10-12-26-13-11-23/h1-2,7,15,19H,3-6,8-14,16-17H2/t19-/m0/s1. The smallest absolute Gasteiger partial charge is 0.222 e. The first-order chi connectivity index (χ1) is 13.2. The predicted molar refractivity (Wildman–Crippen MR) is 102 cm³/mol. The van der Waals surface area contributed by atoms with Gasteiger partial charge in [0.2, 0.25) is 5.91 Å². The van der Waals surface area contributed by atoms with Crippen LogP contribution in [0.5, 0.6) is 0 Å². The van der Waals surface area contributed by atoms with Crippen LogP contribution in [-0.4, -0.2) is 79.3 Å². The molecule has 4 heterocycles. The molecular formula is C21H31N3O3. The molecule has 27 heavy (non-hydrogen) atoms. The molecule has 3 fully saturated rings. The summed E-state index contributed by atoms with van der Waals surface area (Å²) in [6.07, 6.45) is 8.61. The van der Waals surface area contributed by atoms with Gasteiger partial charge in [-0.3, -0.25) is 14.7 Å². The van der Waals surface area contributed by atoms with Gasteiger partial charge in [-0.25, -0.2) is 0 Å². The van der Waals surface area contributed by atoms with Gasteiger partial charge in [0.1, 0.15) is 0 Å². The molecule has 1 amide bonds. The maximum atomic E-state index is 12.6. The van der Waals surface area contributed by atoms with Crippen LogP contribution in [-0.2, 0) is 20.7 Å². The summed E-state index contributed by atoms with van der Waals surface area (Å²) in [5.74, 6) is 0.275. The third-order valence-electron chi connectivity index (χ3n) is 6.38. The van der Waals surface area contributed by atoms with Crippen LogP contribution in [0.25, 0.3) is 0 Å². The zero-order valence-corrected chi connectivity index (χ0v) is 16.1. The van der Waals surface area contributed by atoms with Gasteiger partial charge in [0.15, 0.2) is 0 Å². The van der Waals surface area contributed by atoms with Crippen molar-refractivity contribution in [3.8, 4) is 0 Å². The maximum absolute atomic E-state index is 12.6. The van der Waals surface area contributed by atoms with Gasteiger partial charge in [-0.05, 0) is 42.7 Å². The number of nitrogens with zero attached hydrogens (tertiary/aromatic N) is 3. The highest BCUT2D eigenvalue weighted by molar-refractivity contribution is 5.76. The first-order valence-corrected chi connectivity index (χ1v) is 10.3. The van der Waals surface area contributed by atoms with Crippen molar-refractivity contribution in [2.24, 2.45) is 5.41 Å². The highest BCUT2D eigenvalue weighted by atomic mass is 16.5. The van der Waals surface area contributed by atoms with Crippen molar-refractivity contribution in [3.05, 3.63) is 30.1 Å². The lowest BCUT2D eigenvalue weighted by atomic mass is 9.76. The average molecular weight is 373 g/mol. The second-order valence-corrected chi connectivity index (χ2v) is 8.29. The Morgan fingerprint density at radius 2 is 2.04 bits per heavy atom. The van der Waals surface area contributed by atoms with Crippen molar-refractivity contribution in [1.29, 1.82) is 0 Å². The van der Waals surface area contributed by atoms with Gasteiger partial charge in [-0.2, -0.15) is 0 Å². The lowest BCUT2D eigenvalue weighted by molar-refractivity contribution is -0.133. The van der Waals surface area contributed by atoms with E-state index in [1.165, 1.54) is 0 Å². The Labute approximate surface area is 161 Å². The molecule has 1 spiro atoms. The molecule has 0 saturated carbocycles. The topological polar surface area (TPSA) is 54.9 Å². The molecule has 0 radical (unpaired) electrons. The molecule has 3 aliphatic heterocycles. The van der Waals surface area contributed by atoms with Crippen molar-refractivity contribution in [2.45, 2.75) is 38.2 Å². The van der Waals surface area contributed by atoms with Crippen LogP contribution in [0.3, 0.4) is 0 Å². The minimum absolute atomic E-state index is 0.275. The van der Waals surface area contributed by atoms with Gasteiger partial charge < -0.3 is 14.4 Å². The van der Waals surface area contributed by atoms with E-state index in [1.54, 1.807) is 6.20 Å². The summed E-state index contributed by atoms with van der Waals surface area (Å²) in [7, 11) is 0. The number of likely N-dealkylation sites (tertiary alicyclic amines) is 1. The molecule has 148 valence electrons. The van der Waals surface area contributed by atoms with Crippen molar-refractivity contribution in [3.63, 3.8) is 0 Å². The summed E-state index contributed by atoms with van der Waals surface area (Å²) >= 11 is 0. The zero-order valence-electron chi connectivity index (χ0n) is 16.1. The third kappa shape index (κ3) is 4.86. The van der Waals surface area contributed by atoms with Crippen molar-refractivity contribution in [1.82, 2.24) is 14.8 Å². The average Bonchev–Trinajstić information content (AvgIpc) is 3.10. The maximum Gasteiger partial charge on any atom is 0.222 e. The molecule has 1 aromatic rings. The molecule has 0 N–H and O–H groups in total. The Bertz CT molecular complexity index is 610. The summed E-state index contributed by atoms with van der Waals surface area (Å²) < 4.78 is 11.6. The van der Waals surface area contributed by atoms with Crippen LogP contribution in [0.15, 0.2) is 24.5 Å². The van der Waals surface area contributed by atoms with E-state index < -0.39 is 0 Å². The highest BCUT2D eigenvalue weighted by Crippen LogP contribution is 2.42. The second-order valence-electron chi connectivity index (χ2n) is 8.29. The van der Waals surface area contributed by atoms with Crippen molar-refractivity contribution >= 4 is 5.91 Å². The van der Waals surface area contributed by atoms with Crippen LogP contribution >= 0.6 is 0 Å². The number of carbonyl (C=O) groups is 1. The number of aryl methyl sites for hydroxylation is 1. The van der Waals surface area contributed by atoms with E-state index in [9.17, 15) is 4.79 Å². The van der Waals surface area contributed by atoms with E-state index in [4.69, 9.17) is 9.47 Å². The Morgan fingerprint density at radius 3 is 2.78 bits per heavy atom. The molecule has 6 nitrogen and oxygen atoms in total. The number of hydrogen-bond donors (Lipinski definition) is 0. The van der Waals surface area contributed by atoms with Crippen LogP contribution in [0, 0.1) is 5.41 Å². The summed E-state index contributed by atoms with van der Waals surface area (Å²) in [6.45, 7) is 7.36. The first-order valence-electron chi connectivity index (χ1n) is 10.3. The third-order valence-corrected chi connectivity index (χ3v) is 6.38. The fourth-order valence-electron chi connectivity index (χ4n) is 4.62. The van der Waals surface area contributed by atoms with Gasteiger partial charge >= 0.3 is 0 Å². The SMILES string of the molecule is O=C(CCc1cccnc1)N1CCC2(CC1)CO[C@H](CN1CCOCC1)C2. The number of rotatable bonds is 5. The normalized spacial score (nSPS) is 25.8. The van der Waals surface area contributed by atoms with E-state index in [0.29, 0.717) is 12.5 Å². The Balaban J connectivity index is 1.21. The predicted octanol–water partition coefficient (Wildman–Crippen LogP) is 1.74. The lowest BCUT2D eigenvalue weighted by Crippen LogP contribution is -2.44. The number of carbonyl (C=O) groups excluding carboxylic acids is 1. The fourth-order valence-corrected chi connectivity index (χ4v) is 4.62. The summed E-state index contributed by atoms with van der Waals surface area (Å²) in [5, 5.41) is 0. The minimum atomic E-state index is 0.275. The molecule has 0 bridgehead atoms. The molecule has 1 aromatic heterocycles. The molecular weight excluding hydrogens is 342 g/mol. The molecule has 1 atom stereocenters. The number of amides is 1. The summed E-state index contributed by atoms with van der Waals surface area (Å²) in [5.41, 5.74) is 1.42. The quantitative estimate of drug-likeness (QED) is 0.787. The number of hydrogen-bond acceptors (Lipinski definition) is 5. The first kappa shape index (κ1) is 18.8. The second kappa shape index (κ2) is 8.67. The van der Waals surface area contributed by atoms with Crippen LogP contribution in [0.1, 0.15) is 31.2 Å². The van der Waals surface area contributed by atoms with Gasteiger partial charge in [0.25, 0.3) is 0 Å². The Kier molecular flexibility index (Phi) is 6.05. The molecule has 0 aromatic carbocycles. The number of ether oxygens (including phenoxy) is 2. The highest BCUT2D eigenvalue weighted by Gasteiger charge is 2.43. The van der Waals surface area contributed by atoms with Gasteiger partial charge in [-0.1, -0.05) is 6.07 Å². The molecule has 3 saturated heterocycles. The van der Waals surface area contributed by atoms with Gasteiger partial charge in [0.05, 0.1) is 25.9 Å². The Hall–Kier alpha value is -1.50. The van der Waals surface area contributed by atoms with Crippen LogP contribution < -0.4 is 0 Å². The summed E-state index contributed by atoms with van der Waals surface area (Å²) in [6, 6.07) is 3.97. The van der Waals surface area contributed by atoms with Crippen molar-refractivity contribution < 1.29 is 14.3 Å². The Morgan fingerprint density at radius 1 is 1.22 bits per heavy atom. The van der Waals surface area contributed by atoms with Crippen LogP contribution in [0.4, 0.5) is 0 Å². The number of pyridine rings is 1. The number of piperidine rings is 1. The number of morpholine rings is 1. The molecule has 0 unspecified atom stereocenters.